The van der Waals surface area contributed by atoms with Crippen molar-refractivity contribution in [2.24, 2.45) is 0 Å². The summed E-state index contributed by atoms with van der Waals surface area (Å²) in [5.74, 6) is -1.08. The predicted molar refractivity (Wildman–Crippen MR) is 77.9 cm³/mol. The molecule has 0 spiro atoms. The lowest BCUT2D eigenvalue weighted by Crippen LogP contribution is -2.44. The Morgan fingerprint density at radius 2 is 2.05 bits per heavy atom. The van der Waals surface area contributed by atoms with Gasteiger partial charge >= 0.3 is 5.97 Å². The van der Waals surface area contributed by atoms with E-state index in [9.17, 15) is 18.3 Å². The van der Waals surface area contributed by atoms with Gasteiger partial charge in [0.25, 0.3) is 0 Å². The molecule has 5 nitrogen and oxygen atoms in total. The second-order valence-corrected chi connectivity index (χ2v) is 7.58. The molecular weight excluding hydrogens is 346 g/mol. The molecule has 0 bridgehead atoms. The van der Waals surface area contributed by atoms with Crippen molar-refractivity contribution in [2.75, 3.05) is 6.54 Å². The van der Waals surface area contributed by atoms with E-state index in [0.29, 0.717) is 17.3 Å². The van der Waals surface area contributed by atoms with Gasteiger partial charge in [-0.1, -0.05) is 34.8 Å². The first kappa shape index (κ1) is 15.5. The number of halogens is 1. The molecule has 1 unspecified atom stereocenters. The van der Waals surface area contributed by atoms with E-state index >= 15 is 0 Å². The normalized spacial score (nSPS) is 21.4. The molecule has 2 rings (SSSR count). The van der Waals surface area contributed by atoms with Crippen LogP contribution in [-0.2, 0) is 14.8 Å². The van der Waals surface area contributed by atoms with Gasteiger partial charge in [-0.05, 0) is 31.0 Å². The van der Waals surface area contributed by atoms with Gasteiger partial charge in [0.2, 0.25) is 10.0 Å². The molecular formula is C13H16BrNO4S. The highest BCUT2D eigenvalue weighted by Gasteiger charge is 2.36. The molecule has 0 radical (unpaired) electrons. The van der Waals surface area contributed by atoms with Crippen molar-refractivity contribution in [2.45, 2.75) is 36.6 Å². The van der Waals surface area contributed by atoms with E-state index in [1.54, 1.807) is 12.1 Å². The van der Waals surface area contributed by atoms with Gasteiger partial charge in [0, 0.05) is 11.0 Å². The van der Waals surface area contributed by atoms with Crippen LogP contribution in [0.3, 0.4) is 0 Å². The van der Waals surface area contributed by atoms with Crippen LogP contribution in [0, 0.1) is 0 Å². The summed E-state index contributed by atoms with van der Waals surface area (Å²) in [7, 11) is -3.78. The molecule has 1 aromatic rings. The van der Waals surface area contributed by atoms with Crippen LogP contribution in [0.2, 0.25) is 0 Å². The third-order valence-electron chi connectivity index (χ3n) is 3.39. The highest BCUT2D eigenvalue weighted by Crippen LogP contribution is 2.26. The number of hydrogen-bond donors (Lipinski definition) is 1. The van der Waals surface area contributed by atoms with Gasteiger partial charge in [-0.15, -0.1) is 0 Å². The lowest BCUT2D eigenvalue weighted by Gasteiger charge is -2.26. The van der Waals surface area contributed by atoms with Gasteiger partial charge in [0.05, 0.1) is 4.90 Å². The van der Waals surface area contributed by atoms with Crippen molar-refractivity contribution in [3.8, 4) is 0 Å². The Morgan fingerprint density at radius 3 is 2.70 bits per heavy atom. The second-order valence-electron chi connectivity index (χ2n) is 4.78. The zero-order valence-corrected chi connectivity index (χ0v) is 13.2. The van der Waals surface area contributed by atoms with E-state index in [4.69, 9.17) is 0 Å². The van der Waals surface area contributed by atoms with Crippen LogP contribution in [-0.4, -0.2) is 36.4 Å². The Labute approximate surface area is 126 Å². The lowest BCUT2D eigenvalue weighted by atomic mass is 10.1. The minimum Gasteiger partial charge on any atom is -0.480 e. The van der Waals surface area contributed by atoms with Gasteiger partial charge in [0.1, 0.15) is 6.04 Å². The lowest BCUT2D eigenvalue weighted by molar-refractivity contribution is -0.141. The van der Waals surface area contributed by atoms with Gasteiger partial charge in [-0.25, -0.2) is 8.42 Å². The number of rotatable bonds is 3. The third-order valence-corrected chi connectivity index (χ3v) is 5.79. The van der Waals surface area contributed by atoms with Gasteiger partial charge in [-0.3, -0.25) is 4.79 Å². The Morgan fingerprint density at radius 1 is 1.30 bits per heavy atom. The van der Waals surface area contributed by atoms with E-state index < -0.39 is 22.0 Å². The Balaban J connectivity index is 2.42. The van der Waals surface area contributed by atoms with Gasteiger partial charge in [-0.2, -0.15) is 4.31 Å². The van der Waals surface area contributed by atoms with Crippen LogP contribution in [0.5, 0.6) is 0 Å². The first-order valence-electron chi connectivity index (χ1n) is 6.43. The fraction of sp³-hybridized carbons (Fsp3) is 0.462. The van der Waals surface area contributed by atoms with Gasteiger partial charge < -0.3 is 5.11 Å². The first-order valence-corrected chi connectivity index (χ1v) is 8.66. The summed E-state index contributed by atoms with van der Waals surface area (Å²) in [4.78, 5) is 11.5. The SMILES string of the molecule is O=C(O)C1CCCCCN1S(=O)(=O)c1cccc(Br)c1. The van der Waals surface area contributed by atoms with E-state index in [2.05, 4.69) is 15.9 Å². The maximum atomic E-state index is 12.6. The summed E-state index contributed by atoms with van der Waals surface area (Å²) in [6, 6.07) is 5.38. The molecule has 1 aliphatic heterocycles. The average molecular weight is 362 g/mol. The van der Waals surface area contributed by atoms with E-state index in [0.717, 1.165) is 17.1 Å². The molecule has 0 aromatic heterocycles. The molecule has 0 amide bonds. The molecule has 1 saturated heterocycles. The van der Waals surface area contributed by atoms with Crippen LogP contribution in [0.15, 0.2) is 33.6 Å². The molecule has 1 heterocycles. The maximum Gasteiger partial charge on any atom is 0.322 e. The van der Waals surface area contributed by atoms with Gasteiger partial charge in [0.15, 0.2) is 0 Å². The molecule has 20 heavy (non-hydrogen) atoms. The largest absolute Gasteiger partial charge is 0.480 e. The number of carboxylic acid groups (broad SMARTS) is 1. The minimum atomic E-state index is -3.78. The molecule has 110 valence electrons. The first-order chi connectivity index (χ1) is 9.43. The summed E-state index contributed by atoms with van der Waals surface area (Å²) in [6.45, 7) is 0.256. The smallest absolute Gasteiger partial charge is 0.322 e. The maximum absolute atomic E-state index is 12.6. The van der Waals surface area contributed by atoms with Crippen LogP contribution in [0.4, 0.5) is 0 Å². The number of nitrogens with zero attached hydrogens (tertiary/aromatic N) is 1. The highest BCUT2D eigenvalue weighted by atomic mass is 79.9. The van der Waals surface area contributed by atoms with Crippen molar-refractivity contribution in [1.82, 2.24) is 4.31 Å². The number of benzene rings is 1. The molecule has 1 aromatic carbocycles. The van der Waals surface area contributed by atoms with Crippen LogP contribution in [0.1, 0.15) is 25.7 Å². The second kappa shape index (κ2) is 6.24. The average Bonchev–Trinajstić information content (AvgIpc) is 2.64. The summed E-state index contributed by atoms with van der Waals surface area (Å²) in [5, 5.41) is 9.28. The molecule has 1 aliphatic rings. The molecule has 7 heteroatoms. The van der Waals surface area contributed by atoms with E-state index in [1.165, 1.54) is 12.1 Å². The molecule has 1 N–H and O–H groups in total. The molecule has 1 fully saturated rings. The van der Waals surface area contributed by atoms with Crippen LogP contribution < -0.4 is 0 Å². The monoisotopic (exact) mass is 361 g/mol. The van der Waals surface area contributed by atoms with Crippen molar-refractivity contribution in [1.29, 1.82) is 0 Å². The van der Waals surface area contributed by atoms with Crippen molar-refractivity contribution in [3.63, 3.8) is 0 Å². The van der Waals surface area contributed by atoms with Crippen molar-refractivity contribution < 1.29 is 18.3 Å². The molecule has 0 saturated carbocycles. The number of carboxylic acids is 1. The fourth-order valence-electron chi connectivity index (χ4n) is 2.38. The summed E-state index contributed by atoms with van der Waals surface area (Å²) >= 11 is 3.24. The topological polar surface area (TPSA) is 74.7 Å². The summed E-state index contributed by atoms with van der Waals surface area (Å²) < 4.78 is 27.1. The predicted octanol–water partition coefficient (Wildman–Crippen LogP) is 2.47. The zero-order chi connectivity index (χ0) is 14.8. The minimum absolute atomic E-state index is 0.125. The number of hydrogen-bond acceptors (Lipinski definition) is 3. The Hall–Kier alpha value is -0.920. The zero-order valence-electron chi connectivity index (χ0n) is 10.8. The third kappa shape index (κ3) is 3.21. The van der Waals surface area contributed by atoms with Crippen LogP contribution in [0.25, 0.3) is 0 Å². The quantitative estimate of drug-likeness (QED) is 0.897. The molecule has 1 atom stereocenters. The number of sulfonamides is 1. The standard InChI is InChI=1S/C13H16BrNO4S/c14-10-5-4-6-11(9-10)20(18,19)15-8-3-1-2-7-12(15)13(16)17/h4-6,9,12H,1-3,7-8H2,(H,16,17). The van der Waals surface area contributed by atoms with Crippen LogP contribution >= 0.6 is 15.9 Å². The van der Waals surface area contributed by atoms with Crippen molar-refractivity contribution >= 4 is 31.9 Å². The number of aliphatic carboxylic acids is 1. The van der Waals surface area contributed by atoms with Crippen molar-refractivity contribution in [3.05, 3.63) is 28.7 Å². The van der Waals surface area contributed by atoms with E-state index in [1.807, 2.05) is 0 Å². The summed E-state index contributed by atoms with van der Waals surface area (Å²) in [6.07, 6.45) is 2.65. The molecule has 0 aliphatic carbocycles. The summed E-state index contributed by atoms with van der Waals surface area (Å²) in [5.41, 5.74) is 0. The highest BCUT2D eigenvalue weighted by molar-refractivity contribution is 9.10. The fourth-order valence-corrected chi connectivity index (χ4v) is 4.63. The Bertz CT molecular complexity index is 602. The number of carbonyl (C=O) groups is 1. The Kier molecular flexibility index (Phi) is 4.82. The van der Waals surface area contributed by atoms with E-state index in [-0.39, 0.29) is 11.4 Å².